The second kappa shape index (κ2) is 11.6. The summed E-state index contributed by atoms with van der Waals surface area (Å²) in [7, 11) is 0. The number of anilines is 1. The number of hydrogen-bond acceptors (Lipinski definition) is 5. The van der Waals surface area contributed by atoms with Gasteiger partial charge in [-0.1, -0.05) is 50.1 Å². The van der Waals surface area contributed by atoms with Crippen molar-refractivity contribution in [1.29, 1.82) is 0 Å². The van der Waals surface area contributed by atoms with Gasteiger partial charge in [-0.05, 0) is 36.3 Å². The molecule has 0 aliphatic heterocycles. The molecule has 0 spiro atoms. The van der Waals surface area contributed by atoms with Crippen LogP contribution < -0.4 is 21.5 Å². The summed E-state index contributed by atoms with van der Waals surface area (Å²) in [5.41, 5.74) is 6.37. The van der Waals surface area contributed by atoms with E-state index in [1.54, 1.807) is 0 Å². The number of unbranched alkanes of at least 4 members (excludes halogenated alkanes) is 2. The third-order valence-corrected chi connectivity index (χ3v) is 4.38. The molecule has 0 radical (unpaired) electrons. The van der Waals surface area contributed by atoms with Crippen LogP contribution in [0.3, 0.4) is 0 Å². The van der Waals surface area contributed by atoms with Gasteiger partial charge in [-0.15, -0.1) is 0 Å². The van der Waals surface area contributed by atoms with E-state index >= 15 is 0 Å². The van der Waals surface area contributed by atoms with E-state index in [9.17, 15) is 14.9 Å². The summed E-state index contributed by atoms with van der Waals surface area (Å²) in [5, 5.41) is 17.8. The van der Waals surface area contributed by atoms with E-state index in [0.717, 1.165) is 24.8 Å². The van der Waals surface area contributed by atoms with Gasteiger partial charge < -0.3 is 10.6 Å². The van der Waals surface area contributed by atoms with Crippen molar-refractivity contribution in [1.82, 2.24) is 16.2 Å². The zero-order chi connectivity index (χ0) is 21.1. The molecule has 2 rings (SSSR count). The molecule has 1 amide bonds. The third kappa shape index (κ3) is 7.38. The first-order valence-electron chi connectivity index (χ1n) is 9.41. The molecule has 0 heterocycles. The zero-order valence-corrected chi connectivity index (χ0v) is 17.1. The van der Waals surface area contributed by atoms with Crippen molar-refractivity contribution in [2.45, 2.75) is 32.7 Å². The summed E-state index contributed by atoms with van der Waals surface area (Å²) < 4.78 is 0. The van der Waals surface area contributed by atoms with Crippen LogP contribution in [0.5, 0.6) is 0 Å². The summed E-state index contributed by atoms with van der Waals surface area (Å²) in [6.07, 6.45) is 3.18. The summed E-state index contributed by atoms with van der Waals surface area (Å²) in [6, 6.07) is 13.8. The Labute approximate surface area is 175 Å². The van der Waals surface area contributed by atoms with Crippen molar-refractivity contribution in [3.8, 4) is 0 Å². The quantitative estimate of drug-likeness (QED) is 0.215. The van der Waals surface area contributed by atoms with Crippen LogP contribution in [-0.4, -0.2) is 22.5 Å². The highest BCUT2D eigenvalue weighted by molar-refractivity contribution is 7.80. The number of amides is 1. The molecule has 0 bridgehead atoms. The molecule has 0 saturated heterocycles. The molecule has 0 aromatic heterocycles. The van der Waals surface area contributed by atoms with Crippen LogP contribution >= 0.6 is 12.2 Å². The lowest BCUT2D eigenvalue weighted by molar-refractivity contribution is -0.384. The molecule has 0 fully saturated rings. The predicted octanol–water partition coefficient (Wildman–Crippen LogP) is 3.51. The number of carbonyl (C=O) groups excluding carboxylic acids is 1. The molecule has 2 aromatic rings. The predicted molar refractivity (Wildman–Crippen MR) is 118 cm³/mol. The van der Waals surface area contributed by atoms with E-state index < -0.39 is 10.8 Å². The van der Waals surface area contributed by atoms with Crippen LogP contribution in [0, 0.1) is 10.1 Å². The zero-order valence-electron chi connectivity index (χ0n) is 16.2. The van der Waals surface area contributed by atoms with E-state index in [1.807, 2.05) is 30.3 Å². The van der Waals surface area contributed by atoms with E-state index in [-0.39, 0.29) is 11.3 Å². The molecule has 0 aliphatic carbocycles. The maximum Gasteiger partial charge on any atom is 0.293 e. The maximum absolute atomic E-state index is 12.3. The third-order valence-electron chi connectivity index (χ3n) is 4.14. The Morgan fingerprint density at radius 3 is 2.55 bits per heavy atom. The van der Waals surface area contributed by atoms with Crippen molar-refractivity contribution in [3.63, 3.8) is 0 Å². The molecule has 0 unspecified atom stereocenters. The summed E-state index contributed by atoms with van der Waals surface area (Å²) in [6.45, 7) is 3.26. The number of rotatable bonds is 9. The monoisotopic (exact) mass is 415 g/mol. The molecule has 4 N–H and O–H groups in total. The second-order valence-electron chi connectivity index (χ2n) is 6.37. The van der Waals surface area contributed by atoms with Gasteiger partial charge in [0.1, 0.15) is 5.69 Å². The van der Waals surface area contributed by atoms with Crippen molar-refractivity contribution in [2.75, 3.05) is 11.9 Å². The lowest BCUT2D eigenvalue weighted by Gasteiger charge is -2.12. The number of nitro benzene ring substituents is 1. The van der Waals surface area contributed by atoms with Gasteiger partial charge in [-0.3, -0.25) is 25.8 Å². The van der Waals surface area contributed by atoms with Crippen LogP contribution in [0.4, 0.5) is 11.4 Å². The molecule has 9 heteroatoms. The number of nitrogens with one attached hydrogen (secondary N) is 4. The number of hydrazine groups is 1. The average molecular weight is 416 g/mol. The number of hydrogen-bond donors (Lipinski definition) is 4. The number of carbonyl (C=O) groups is 1. The molecule has 0 saturated carbocycles. The van der Waals surface area contributed by atoms with Gasteiger partial charge in [0.25, 0.3) is 11.6 Å². The lowest BCUT2D eigenvalue weighted by Crippen LogP contribution is -2.47. The largest absolute Gasteiger partial charge is 0.375 e. The Bertz CT molecular complexity index is 845. The Kier molecular flexibility index (Phi) is 8.84. The second-order valence-corrected chi connectivity index (χ2v) is 6.78. The number of benzene rings is 2. The van der Waals surface area contributed by atoms with Crippen LogP contribution in [0.1, 0.15) is 42.1 Å². The average Bonchev–Trinajstić information content (AvgIpc) is 2.74. The highest BCUT2D eigenvalue weighted by Crippen LogP contribution is 2.26. The van der Waals surface area contributed by atoms with Crippen LogP contribution in [0.15, 0.2) is 48.5 Å². The Morgan fingerprint density at radius 2 is 1.86 bits per heavy atom. The van der Waals surface area contributed by atoms with Crippen LogP contribution in [-0.2, 0) is 6.54 Å². The topological polar surface area (TPSA) is 108 Å². The molecular weight excluding hydrogens is 390 g/mol. The van der Waals surface area contributed by atoms with Gasteiger partial charge in [-0.2, -0.15) is 0 Å². The lowest BCUT2D eigenvalue weighted by atomic mass is 10.1. The normalized spacial score (nSPS) is 10.1. The molecule has 29 heavy (non-hydrogen) atoms. The molecule has 154 valence electrons. The summed E-state index contributed by atoms with van der Waals surface area (Å²) >= 11 is 5.09. The highest BCUT2D eigenvalue weighted by atomic mass is 32.1. The van der Waals surface area contributed by atoms with Crippen molar-refractivity contribution in [3.05, 3.63) is 69.8 Å². The van der Waals surface area contributed by atoms with Crippen molar-refractivity contribution < 1.29 is 9.72 Å². The maximum atomic E-state index is 12.3. The first-order chi connectivity index (χ1) is 14.0. The van der Waals surface area contributed by atoms with Gasteiger partial charge in [0.05, 0.1) is 4.92 Å². The van der Waals surface area contributed by atoms with Crippen LogP contribution in [0.25, 0.3) is 0 Å². The first kappa shape index (κ1) is 22.1. The number of thiocarbonyl (C=S) groups is 1. The molecule has 0 aliphatic rings. The van der Waals surface area contributed by atoms with Gasteiger partial charge in [0.15, 0.2) is 5.11 Å². The van der Waals surface area contributed by atoms with Gasteiger partial charge in [0.2, 0.25) is 0 Å². The fraction of sp³-hybridized carbons (Fsp3) is 0.300. The standard InChI is InChI=1S/C20H25N5O3S/c1-2-3-7-12-21-20(29)24-23-19(26)16-10-11-17(18(13-16)25(27)28)22-14-15-8-5-4-6-9-15/h4-6,8-11,13,22H,2-3,7,12,14H2,1H3,(H,23,26)(H2,21,24,29). The molecule has 2 aromatic carbocycles. The molecule has 8 nitrogen and oxygen atoms in total. The SMILES string of the molecule is CCCCCNC(=S)NNC(=O)c1ccc(NCc2ccccc2)c([N+](=O)[O-])c1. The fourth-order valence-electron chi connectivity index (χ4n) is 2.57. The summed E-state index contributed by atoms with van der Waals surface area (Å²) in [4.78, 5) is 23.2. The van der Waals surface area contributed by atoms with Crippen molar-refractivity contribution >= 4 is 34.6 Å². The Balaban J connectivity index is 1.95. The van der Waals surface area contributed by atoms with Gasteiger partial charge in [0, 0.05) is 24.7 Å². The molecule has 0 atom stereocenters. The highest BCUT2D eigenvalue weighted by Gasteiger charge is 2.17. The van der Waals surface area contributed by atoms with Crippen molar-refractivity contribution in [2.24, 2.45) is 0 Å². The molecular formula is C20H25N5O3S. The van der Waals surface area contributed by atoms with E-state index in [2.05, 4.69) is 28.4 Å². The summed E-state index contributed by atoms with van der Waals surface area (Å²) in [5.74, 6) is -0.514. The smallest absolute Gasteiger partial charge is 0.293 e. The Morgan fingerprint density at radius 1 is 1.10 bits per heavy atom. The van der Waals surface area contributed by atoms with E-state index in [0.29, 0.717) is 23.9 Å². The minimum Gasteiger partial charge on any atom is -0.375 e. The first-order valence-corrected chi connectivity index (χ1v) is 9.82. The van der Waals surface area contributed by atoms with Gasteiger partial charge in [-0.25, -0.2) is 0 Å². The fourth-order valence-corrected chi connectivity index (χ4v) is 2.73. The van der Waals surface area contributed by atoms with Crippen LogP contribution in [0.2, 0.25) is 0 Å². The van der Waals surface area contributed by atoms with E-state index in [4.69, 9.17) is 12.2 Å². The number of nitrogens with zero attached hydrogens (tertiary/aromatic N) is 1. The van der Waals surface area contributed by atoms with Gasteiger partial charge >= 0.3 is 0 Å². The Hall–Kier alpha value is -3.20. The minimum atomic E-state index is -0.516. The number of nitro groups is 1. The minimum absolute atomic E-state index is 0.156. The van der Waals surface area contributed by atoms with E-state index in [1.165, 1.54) is 18.2 Å².